The Hall–Kier alpha value is -6.22. The lowest BCUT2D eigenvalue weighted by Gasteiger charge is -2.14. The van der Waals surface area contributed by atoms with Gasteiger partial charge in [-0.2, -0.15) is 0 Å². The van der Waals surface area contributed by atoms with Gasteiger partial charge in [-0.1, -0.05) is 127 Å². The van der Waals surface area contributed by atoms with Crippen molar-refractivity contribution in [1.82, 2.24) is 0 Å². The molecule has 0 saturated heterocycles. The largest absolute Gasteiger partial charge is 0.456 e. The van der Waals surface area contributed by atoms with Crippen LogP contribution in [0.2, 0.25) is 0 Å². The van der Waals surface area contributed by atoms with Crippen molar-refractivity contribution in [1.29, 1.82) is 0 Å². The zero-order valence-electron chi connectivity index (χ0n) is 27.1. The summed E-state index contributed by atoms with van der Waals surface area (Å²) in [6.45, 7) is 0. The topological polar surface area (TPSA) is 13.1 Å². The Balaban J connectivity index is 1.26. The monoisotopic (exact) mass is 654 g/mol. The molecule has 2 aromatic heterocycles. The highest BCUT2D eigenvalue weighted by molar-refractivity contribution is 7.26. The number of hydrogen-bond donors (Lipinski definition) is 0. The highest BCUT2D eigenvalue weighted by Crippen LogP contribution is 2.46. The molecule has 0 aliphatic heterocycles. The minimum absolute atomic E-state index is 0.909. The third-order valence-corrected chi connectivity index (χ3v) is 11.1. The molecule has 0 N–H and O–H groups in total. The van der Waals surface area contributed by atoms with E-state index in [0.29, 0.717) is 0 Å². The first kappa shape index (κ1) is 28.8. The smallest absolute Gasteiger partial charge is 0.136 e. The van der Waals surface area contributed by atoms with Crippen LogP contribution in [0.15, 0.2) is 186 Å². The van der Waals surface area contributed by atoms with E-state index in [0.717, 1.165) is 21.9 Å². The summed E-state index contributed by atoms with van der Waals surface area (Å²) >= 11 is 1.88. The molecular formula is C48H30OS. The minimum Gasteiger partial charge on any atom is -0.456 e. The lowest BCUT2D eigenvalue weighted by atomic mass is 9.90. The number of para-hydroxylation sites is 1. The molecule has 8 aromatic carbocycles. The summed E-state index contributed by atoms with van der Waals surface area (Å²) in [6.07, 6.45) is 0. The first-order chi connectivity index (χ1) is 24.8. The summed E-state index contributed by atoms with van der Waals surface area (Å²) in [4.78, 5) is 0. The van der Waals surface area contributed by atoms with Crippen molar-refractivity contribution in [2.24, 2.45) is 0 Å². The first-order valence-corrected chi connectivity index (χ1v) is 17.8. The molecule has 10 aromatic rings. The van der Waals surface area contributed by atoms with Gasteiger partial charge in [0, 0.05) is 36.5 Å². The highest BCUT2D eigenvalue weighted by atomic mass is 32.1. The van der Waals surface area contributed by atoms with Crippen molar-refractivity contribution in [2.75, 3.05) is 0 Å². The molecule has 0 aliphatic carbocycles. The second-order valence-corrected chi connectivity index (χ2v) is 13.9. The zero-order chi connectivity index (χ0) is 33.0. The number of benzene rings is 8. The molecule has 10 rings (SSSR count). The zero-order valence-corrected chi connectivity index (χ0v) is 28.0. The molecule has 234 valence electrons. The van der Waals surface area contributed by atoms with Gasteiger partial charge in [-0.15, -0.1) is 11.3 Å². The van der Waals surface area contributed by atoms with E-state index >= 15 is 0 Å². The van der Waals surface area contributed by atoms with Gasteiger partial charge >= 0.3 is 0 Å². The molecule has 50 heavy (non-hydrogen) atoms. The van der Waals surface area contributed by atoms with Gasteiger partial charge in [-0.05, 0) is 105 Å². The van der Waals surface area contributed by atoms with Crippen molar-refractivity contribution in [2.45, 2.75) is 0 Å². The average molecular weight is 655 g/mol. The number of thiophene rings is 1. The predicted octanol–water partition coefficient (Wildman–Crippen LogP) is 14.3. The molecule has 0 saturated carbocycles. The molecule has 0 amide bonds. The van der Waals surface area contributed by atoms with Crippen LogP contribution in [-0.4, -0.2) is 0 Å². The number of rotatable bonds is 5. The summed E-state index contributed by atoms with van der Waals surface area (Å²) < 4.78 is 8.94. The fraction of sp³-hybridized carbons (Fsp3) is 0. The third-order valence-electron chi connectivity index (χ3n) is 9.85. The van der Waals surface area contributed by atoms with Crippen molar-refractivity contribution >= 4 is 53.4 Å². The summed E-state index contributed by atoms with van der Waals surface area (Å²) in [6, 6.07) is 65.8. The van der Waals surface area contributed by atoms with Crippen LogP contribution in [0, 0.1) is 0 Å². The van der Waals surface area contributed by atoms with E-state index in [4.69, 9.17) is 4.42 Å². The Bertz CT molecular complexity index is 2860. The van der Waals surface area contributed by atoms with Crippen LogP contribution in [0.5, 0.6) is 0 Å². The van der Waals surface area contributed by atoms with E-state index in [1.165, 1.54) is 75.8 Å². The number of furan rings is 1. The van der Waals surface area contributed by atoms with Gasteiger partial charge in [-0.25, -0.2) is 0 Å². The van der Waals surface area contributed by atoms with Crippen LogP contribution in [0.1, 0.15) is 0 Å². The van der Waals surface area contributed by atoms with Crippen molar-refractivity contribution < 1.29 is 4.42 Å². The molecule has 0 radical (unpaired) electrons. The average Bonchev–Trinajstić information content (AvgIpc) is 3.77. The van der Waals surface area contributed by atoms with Crippen molar-refractivity contribution in [3.63, 3.8) is 0 Å². The van der Waals surface area contributed by atoms with Gasteiger partial charge < -0.3 is 4.42 Å². The molecule has 0 spiro atoms. The molecule has 1 nitrogen and oxygen atoms in total. The molecule has 2 heteroatoms. The summed E-state index contributed by atoms with van der Waals surface area (Å²) in [5.74, 6) is 0. The van der Waals surface area contributed by atoms with Gasteiger partial charge in [-0.3, -0.25) is 0 Å². The fourth-order valence-electron chi connectivity index (χ4n) is 7.47. The second-order valence-electron chi connectivity index (χ2n) is 12.9. The Morgan fingerprint density at radius 2 is 0.860 bits per heavy atom. The third kappa shape index (κ3) is 4.84. The predicted molar refractivity (Wildman–Crippen MR) is 214 cm³/mol. The summed E-state index contributed by atoms with van der Waals surface area (Å²) in [7, 11) is 0. The van der Waals surface area contributed by atoms with Gasteiger partial charge in [0.2, 0.25) is 0 Å². The Morgan fingerprint density at radius 1 is 0.320 bits per heavy atom. The second kappa shape index (κ2) is 11.7. The van der Waals surface area contributed by atoms with Crippen LogP contribution >= 0.6 is 11.3 Å². The van der Waals surface area contributed by atoms with Crippen LogP contribution in [0.25, 0.3) is 97.7 Å². The van der Waals surface area contributed by atoms with Gasteiger partial charge in [0.05, 0.1) is 0 Å². The standard InChI is InChI=1S/C48H30OS/c1-3-13-31(14-4-1)33-17-11-18-34(25-33)36-26-35(32-15-5-2-6-16-32)27-37(28-36)42-29-38(30-43-40-19-8-10-24-46(40)50-48(42)43)39-21-12-23-45-47(39)41-20-7-9-22-44(41)49-45/h1-30H. The number of hydrogen-bond acceptors (Lipinski definition) is 2. The van der Waals surface area contributed by atoms with Crippen LogP contribution in [0.4, 0.5) is 0 Å². The van der Waals surface area contributed by atoms with E-state index < -0.39 is 0 Å². The highest BCUT2D eigenvalue weighted by Gasteiger charge is 2.18. The Kier molecular flexibility index (Phi) is 6.75. The van der Waals surface area contributed by atoms with Gasteiger partial charge in [0.1, 0.15) is 11.2 Å². The molecule has 2 heterocycles. The normalized spacial score (nSPS) is 11.6. The molecule has 0 fully saturated rings. The lowest BCUT2D eigenvalue weighted by Crippen LogP contribution is -1.89. The molecule has 0 unspecified atom stereocenters. The van der Waals surface area contributed by atoms with Gasteiger partial charge in [0.15, 0.2) is 0 Å². The van der Waals surface area contributed by atoms with Crippen molar-refractivity contribution in [3.8, 4) is 55.6 Å². The summed E-state index contributed by atoms with van der Waals surface area (Å²) in [5.41, 5.74) is 13.9. The van der Waals surface area contributed by atoms with Crippen LogP contribution in [0.3, 0.4) is 0 Å². The summed E-state index contributed by atoms with van der Waals surface area (Å²) in [5, 5.41) is 4.86. The minimum atomic E-state index is 0.909. The molecule has 0 atom stereocenters. The SMILES string of the molecule is c1ccc(-c2cccc(-c3cc(-c4ccccc4)cc(-c4cc(-c5cccc6oc7ccccc7c56)cc5c4sc4ccccc45)c3)c2)cc1. The van der Waals surface area contributed by atoms with E-state index in [1.54, 1.807) is 0 Å². The van der Waals surface area contributed by atoms with Gasteiger partial charge in [0.25, 0.3) is 0 Å². The quantitative estimate of drug-likeness (QED) is 0.180. The van der Waals surface area contributed by atoms with Crippen LogP contribution < -0.4 is 0 Å². The van der Waals surface area contributed by atoms with Crippen molar-refractivity contribution in [3.05, 3.63) is 182 Å². The Morgan fingerprint density at radius 3 is 1.66 bits per heavy atom. The maximum Gasteiger partial charge on any atom is 0.136 e. The maximum atomic E-state index is 6.35. The molecule has 0 bridgehead atoms. The fourth-order valence-corrected chi connectivity index (χ4v) is 8.69. The van der Waals surface area contributed by atoms with E-state index in [1.807, 2.05) is 17.4 Å². The first-order valence-electron chi connectivity index (χ1n) is 17.0. The number of fused-ring (bicyclic) bond motifs is 6. The Labute approximate surface area is 294 Å². The lowest BCUT2D eigenvalue weighted by molar-refractivity contribution is 0.669. The maximum absolute atomic E-state index is 6.35. The van der Waals surface area contributed by atoms with Crippen LogP contribution in [-0.2, 0) is 0 Å². The molecule has 0 aliphatic rings. The van der Waals surface area contributed by atoms with E-state index in [2.05, 4.69) is 176 Å². The molecular weight excluding hydrogens is 625 g/mol. The van der Waals surface area contributed by atoms with E-state index in [9.17, 15) is 0 Å². The van der Waals surface area contributed by atoms with E-state index in [-0.39, 0.29) is 0 Å².